The number of nitrogens with one attached hydrogen (secondary N) is 1. The summed E-state index contributed by atoms with van der Waals surface area (Å²) >= 11 is 0. The number of ether oxygens (including phenoxy) is 2. The third-order valence-electron chi connectivity index (χ3n) is 4.21. The molecule has 1 amide bonds. The molecular weight excluding hydrogens is 278 g/mol. The largest absolute Gasteiger partial charge is 0.381 e. The number of hydrogen-bond acceptors (Lipinski definition) is 3. The molecule has 2 rings (SSSR count). The van der Waals surface area contributed by atoms with Crippen molar-refractivity contribution in [3.8, 4) is 0 Å². The van der Waals surface area contributed by atoms with E-state index in [-0.39, 0.29) is 11.9 Å². The van der Waals surface area contributed by atoms with Crippen molar-refractivity contribution in [2.24, 2.45) is 5.92 Å². The van der Waals surface area contributed by atoms with Gasteiger partial charge in [-0.2, -0.15) is 0 Å². The zero-order chi connectivity index (χ0) is 15.6. The van der Waals surface area contributed by atoms with E-state index in [0.29, 0.717) is 25.6 Å². The normalized spacial score (nSPS) is 17.1. The molecule has 0 bridgehead atoms. The van der Waals surface area contributed by atoms with Crippen LogP contribution < -0.4 is 5.32 Å². The van der Waals surface area contributed by atoms with Gasteiger partial charge in [0.05, 0.1) is 13.2 Å². The molecule has 0 aromatic heterocycles. The van der Waals surface area contributed by atoms with Crippen LogP contribution in [0.3, 0.4) is 0 Å². The molecule has 0 unspecified atom stereocenters. The van der Waals surface area contributed by atoms with E-state index in [1.807, 2.05) is 30.3 Å². The van der Waals surface area contributed by atoms with Gasteiger partial charge in [0.15, 0.2) is 0 Å². The van der Waals surface area contributed by atoms with E-state index in [1.165, 1.54) is 0 Å². The van der Waals surface area contributed by atoms with Gasteiger partial charge in [0.2, 0.25) is 5.91 Å². The van der Waals surface area contributed by atoms with E-state index < -0.39 is 0 Å². The standard InChI is InChI=1S/C18H27NO3/c1-2-17(16-8-11-21-12-9-16)19-18(20)10-13-22-14-15-6-4-3-5-7-15/h3-7,16-17H,2,8-14H2,1H3,(H,19,20)/t17-/m0/s1. The maximum Gasteiger partial charge on any atom is 0.222 e. The van der Waals surface area contributed by atoms with Gasteiger partial charge in [-0.3, -0.25) is 4.79 Å². The maximum absolute atomic E-state index is 12.0. The van der Waals surface area contributed by atoms with Crippen molar-refractivity contribution in [1.82, 2.24) is 5.32 Å². The van der Waals surface area contributed by atoms with Crippen LogP contribution in [-0.2, 0) is 20.9 Å². The van der Waals surface area contributed by atoms with Crippen molar-refractivity contribution >= 4 is 5.91 Å². The van der Waals surface area contributed by atoms with Gasteiger partial charge in [-0.25, -0.2) is 0 Å². The number of carbonyl (C=O) groups excluding carboxylic acids is 1. The summed E-state index contributed by atoms with van der Waals surface area (Å²) in [6.45, 7) is 4.79. The number of hydrogen-bond donors (Lipinski definition) is 1. The summed E-state index contributed by atoms with van der Waals surface area (Å²) in [4.78, 5) is 12.0. The highest BCUT2D eigenvalue weighted by Gasteiger charge is 2.23. The van der Waals surface area contributed by atoms with Gasteiger partial charge in [0, 0.05) is 25.7 Å². The van der Waals surface area contributed by atoms with Crippen LogP contribution in [0.2, 0.25) is 0 Å². The first-order chi connectivity index (χ1) is 10.8. The summed E-state index contributed by atoms with van der Waals surface area (Å²) in [6.07, 6.45) is 3.49. The first-order valence-electron chi connectivity index (χ1n) is 8.28. The topological polar surface area (TPSA) is 47.6 Å². The van der Waals surface area contributed by atoms with E-state index in [4.69, 9.17) is 9.47 Å². The fourth-order valence-corrected chi connectivity index (χ4v) is 2.88. The van der Waals surface area contributed by atoms with Crippen LogP contribution in [0.4, 0.5) is 0 Å². The molecule has 0 saturated carbocycles. The molecule has 0 aliphatic carbocycles. The van der Waals surface area contributed by atoms with Gasteiger partial charge in [-0.05, 0) is 30.7 Å². The molecule has 1 N–H and O–H groups in total. The van der Waals surface area contributed by atoms with Crippen molar-refractivity contribution in [1.29, 1.82) is 0 Å². The van der Waals surface area contributed by atoms with E-state index in [1.54, 1.807) is 0 Å². The lowest BCUT2D eigenvalue weighted by Crippen LogP contribution is -2.42. The molecule has 4 heteroatoms. The first-order valence-corrected chi connectivity index (χ1v) is 8.28. The Balaban J connectivity index is 1.63. The van der Waals surface area contributed by atoms with Crippen molar-refractivity contribution < 1.29 is 14.3 Å². The molecule has 1 aliphatic heterocycles. The summed E-state index contributed by atoms with van der Waals surface area (Å²) in [6, 6.07) is 10.3. The summed E-state index contributed by atoms with van der Waals surface area (Å²) in [7, 11) is 0. The number of carbonyl (C=O) groups is 1. The molecule has 1 aromatic rings. The molecule has 1 aromatic carbocycles. The minimum absolute atomic E-state index is 0.0893. The van der Waals surface area contributed by atoms with E-state index in [2.05, 4.69) is 12.2 Å². The van der Waals surface area contributed by atoms with Crippen LogP contribution >= 0.6 is 0 Å². The number of amides is 1. The van der Waals surface area contributed by atoms with Gasteiger partial charge in [-0.1, -0.05) is 37.3 Å². The molecule has 122 valence electrons. The number of benzene rings is 1. The van der Waals surface area contributed by atoms with Crippen LogP contribution in [-0.4, -0.2) is 31.8 Å². The SMILES string of the molecule is CC[C@H](NC(=O)CCOCc1ccccc1)C1CCOCC1. The Labute approximate surface area is 133 Å². The Bertz CT molecular complexity index is 429. The fourth-order valence-electron chi connectivity index (χ4n) is 2.88. The molecule has 22 heavy (non-hydrogen) atoms. The Hall–Kier alpha value is -1.39. The highest BCUT2D eigenvalue weighted by molar-refractivity contribution is 5.76. The van der Waals surface area contributed by atoms with Crippen LogP contribution in [0.1, 0.15) is 38.2 Å². The van der Waals surface area contributed by atoms with Gasteiger partial charge < -0.3 is 14.8 Å². The maximum atomic E-state index is 12.0. The van der Waals surface area contributed by atoms with Crippen molar-refractivity contribution in [3.63, 3.8) is 0 Å². The Morgan fingerprint density at radius 3 is 2.73 bits per heavy atom. The average molecular weight is 305 g/mol. The molecular formula is C18H27NO3. The van der Waals surface area contributed by atoms with Gasteiger partial charge in [0.1, 0.15) is 0 Å². The van der Waals surface area contributed by atoms with E-state index in [9.17, 15) is 4.79 Å². The predicted molar refractivity (Wildman–Crippen MR) is 86.5 cm³/mol. The second kappa shape index (κ2) is 9.59. The smallest absolute Gasteiger partial charge is 0.222 e. The van der Waals surface area contributed by atoms with Crippen molar-refractivity contribution in [2.45, 2.75) is 45.3 Å². The molecule has 0 radical (unpaired) electrons. The quantitative estimate of drug-likeness (QED) is 0.751. The predicted octanol–water partition coefficient (Wildman–Crippen LogP) is 2.91. The third kappa shape index (κ3) is 5.78. The zero-order valence-corrected chi connectivity index (χ0v) is 13.4. The average Bonchev–Trinajstić information content (AvgIpc) is 2.58. The molecule has 1 fully saturated rings. The second-order valence-corrected chi connectivity index (χ2v) is 5.82. The van der Waals surface area contributed by atoms with E-state index >= 15 is 0 Å². The second-order valence-electron chi connectivity index (χ2n) is 5.82. The van der Waals surface area contributed by atoms with Crippen molar-refractivity contribution in [3.05, 3.63) is 35.9 Å². The number of rotatable bonds is 8. The van der Waals surface area contributed by atoms with Gasteiger partial charge in [0.25, 0.3) is 0 Å². The minimum Gasteiger partial charge on any atom is -0.381 e. The zero-order valence-electron chi connectivity index (χ0n) is 13.4. The Kier molecular flexibility index (Phi) is 7.40. The molecule has 1 aliphatic rings. The van der Waals surface area contributed by atoms with Crippen LogP contribution in [0.25, 0.3) is 0 Å². The monoisotopic (exact) mass is 305 g/mol. The summed E-state index contributed by atoms with van der Waals surface area (Å²) in [5.41, 5.74) is 1.14. The lowest BCUT2D eigenvalue weighted by Gasteiger charge is -2.30. The summed E-state index contributed by atoms with van der Waals surface area (Å²) in [5, 5.41) is 3.16. The first kappa shape index (κ1) is 17.0. The molecule has 1 saturated heterocycles. The molecule has 1 heterocycles. The summed E-state index contributed by atoms with van der Waals surface area (Å²) < 4.78 is 11.0. The highest BCUT2D eigenvalue weighted by Crippen LogP contribution is 2.20. The lowest BCUT2D eigenvalue weighted by molar-refractivity contribution is -0.123. The van der Waals surface area contributed by atoms with E-state index in [0.717, 1.165) is 38.0 Å². The van der Waals surface area contributed by atoms with Gasteiger partial charge >= 0.3 is 0 Å². The Morgan fingerprint density at radius 2 is 2.05 bits per heavy atom. The third-order valence-corrected chi connectivity index (χ3v) is 4.21. The van der Waals surface area contributed by atoms with Crippen LogP contribution in [0.15, 0.2) is 30.3 Å². The molecule has 0 spiro atoms. The van der Waals surface area contributed by atoms with Crippen LogP contribution in [0, 0.1) is 5.92 Å². The fraction of sp³-hybridized carbons (Fsp3) is 0.611. The lowest BCUT2D eigenvalue weighted by atomic mass is 9.90. The van der Waals surface area contributed by atoms with Crippen molar-refractivity contribution in [2.75, 3.05) is 19.8 Å². The molecule has 4 nitrogen and oxygen atoms in total. The van der Waals surface area contributed by atoms with Crippen LogP contribution in [0.5, 0.6) is 0 Å². The van der Waals surface area contributed by atoms with Gasteiger partial charge in [-0.15, -0.1) is 0 Å². The summed E-state index contributed by atoms with van der Waals surface area (Å²) in [5.74, 6) is 0.638. The Morgan fingerprint density at radius 1 is 1.32 bits per heavy atom. The minimum atomic E-state index is 0.0893. The molecule has 1 atom stereocenters. The highest BCUT2D eigenvalue weighted by atomic mass is 16.5.